The Morgan fingerprint density at radius 1 is 1.29 bits per heavy atom. The zero-order valence-corrected chi connectivity index (χ0v) is 9.76. The van der Waals surface area contributed by atoms with Gasteiger partial charge in [0.15, 0.2) is 0 Å². The van der Waals surface area contributed by atoms with E-state index in [1.165, 1.54) is 0 Å². The standard InChI is InChI=1S/C10H16ClN3/c1-6(2)7(3)12-10-5-9(11)13-8(4)14-10/h5-7H,1-4H3,(H,12,13,14). The molecule has 0 bridgehead atoms. The predicted molar refractivity (Wildman–Crippen MR) is 59.7 cm³/mol. The van der Waals surface area contributed by atoms with Crippen molar-refractivity contribution in [3.8, 4) is 0 Å². The molecule has 0 amide bonds. The lowest BCUT2D eigenvalue weighted by atomic mass is 10.1. The zero-order chi connectivity index (χ0) is 10.7. The van der Waals surface area contributed by atoms with Crippen LogP contribution in [0.15, 0.2) is 6.07 Å². The second kappa shape index (κ2) is 4.60. The molecule has 1 aromatic rings. The average Bonchev–Trinajstić information content (AvgIpc) is 2.01. The van der Waals surface area contributed by atoms with Gasteiger partial charge < -0.3 is 5.32 Å². The summed E-state index contributed by atoms with van der Waals surface area (Å²) in [6, 6.07) is 2.12. The first-order valence-electron chi connectivity index (χ1n) is 4.76. The monoisotopic (exact) mass is 213 g/mol. The van der Waals surface area contributed by atoms with Crippen molar-refractivity contribution in [2.24, 2.45) is 5.92 Å². The minimum atomic E-state index is 0.375. The van der Waals surface area contributed by atoms with E-state index in [2.05, 4.69) is 36.1 Å². The Morgan fingerprint density at radius 3 is 2.43 bits per heavy atom. The van der Waals surface area contributed by atoms with Crippen molar-refractivity contribution in [1.82, 2.24) is 9.97 Å². The summed E-state index contributed by atoms with van der Waals surface area (Å²) in [6.07, 6.45) is 0. The molecule has 0 aliphatic heterocycles. The Balaban J connectivity index is 2.76. The molecule has 14 heavy (non-hydrogen) atoms. The second-order valence-corrected chi connectivity index (χ2v) is 4.19. The summed E-state index contributed by atoms with van der Waals surface area (Å²) in [6.45, 7) is 8.27. The maximum atomic E-state index is 5.82. The van der Waals surface area contributed by atoms with Crippen molar-refractivity contribution in [3.05, 3.63) is 17.0 Å². The topological polar surface area (TPSA) is 37.8 Å². The molecule has 1 unspecified atom stereocenters. The number of aryl methyl sites for hydroxylation is 1. The molecule has 0 fully saturated rings. The number of halogens is 1. The van der Waals surface area contributed by atoms with Crippen LogP contribution in [0.4, 0.5) is 5.82 Å². The summed E-state index contributed by atoms with van der Waals surface area (Å²) < 4.78 is 0. The summed E-state index contributed by atoms with van der Waals surface area (Å²) in [4.78, 5) is 8.25. The number of hydrogen-bond donors (Lipinski definition) is 1. The molecule has 1 rings (SSSR count). The predicted octanol–water partition coefficient (Wildman–Crippen LogP) is 2.89. The van der Waals surface area contributed by atoms with E-state index in [1.54, 1.807) is 6.07 Å². The highest BCUT2D eigenvalue weighted by Crippen LogP contribution is 2.14. The third-order valence-electron chi connectivity index (χ3n) is 2.18. The van der Waals surface area contributed by atoms with Gasteiger partial charge in [-0.1, -0.05) is 25.4 Å². The van der Waals surface area contributed by atoms with E-state index in [-0.39, 0.29) is 0 Å². The van der Waals surface area contributed by atoms with Crippen molar-refractivity contribution in [3.63, 3.8) is 0 Å². The number of nitrogens with one attached hydrogen (secondary N) is 1. The molecule has 1 aromatic heterocycles. The number of rotatable bonds is 3. The van der Waals surface area contributed by atoms with Crippen LogP contribution in [0.25, 0.3) is 0 Å². The summed E-state index contributed by atoms with van der Waals surface area (Å²) in [5.74, 6) is 2.05. The van der Waals surface area contributed by atoms with Gasteiger partial charge in [0, 0.05) is 12.1 Å². The molecule has 0 spiro atoms. The maximum Gasteiger partial charge on any atom is 0.134 e. The average molecular weight is 214 g/mol. The maximum absolute atomic E-state index is 5.82. The molecule has 0 aliphatic rings. The molecule has 0 saturated heterocycles. The van der Waals surface area contributed by atoms with Crippen LogP contribution in [0.3, 0.4) is 0 Å². The molecule has 3 nitrogen and oxygen atoms in total. The Labute approximate surface area is 89.9 Å². The van der Waals surface area contributed by atoms with Gasteiger partial charge in [-0.25, -0.2) is 9.97 Å². The van der Waals surface area contributed by atoms with Crippen LogP contribution in [0.5, 0.6) is 0 Å². The highest BCUT2D eigenvalue weighted by atomic mass is 35.5. The van der Waals surface area contributed by atoms with Gasteiger partial charge in [-0.2, -0.15) is 0 Å². The second-order valence-electron chi connectivity index (χ2n) is 3.80. The molecular weight excluding hydrogens is 198 g/mol. The van der Waals surface area contributed by atoms with Crippen LogP contribution in [0.1, 0.15) is 26.6 Å². The van der Waals surface area contributed by atoms with Gasteiger partial charge in [-0.15, -0.1) is 0 Å². The molecule has 0 saturated carbocycles. The Kier molecular flexibility index (Phi) is 3.69. The number of hydrogen-bond acceptors (Lipinski definition) is 3. The zero-order valence-electron chi connectivity index (χ0n) is 9.00. The van der Waals surface area contributed by atoms with Gasteiger partial charge in [0.25, 0.3) is 0 Å². The highest BCUT2D eigenvalue weighted by molar-refractivity contribution is 6.29. The fraction of sp³-hybridized carbons (Fsp3) is 0.600. The Morgan fingerprint density at radius 2 is 1.93 bits per heavy atom. The minimum absolute atomic E-state index is 0.375. The van der Waals surface area contributed by atoms with Crippen LogP contribution < -0.4 is 5.32 Å². The number of nitrogens with zero attached hydrogens (tertiary/aromatic N) is 2. The molecule has 0 aromatic carbocycles. The summed E-state index contributed by atoms with van der Waals surface area (Å²) in [5.41, 5.74) is 0. The van der Waals surface area contributed by atoms with Crippen LogP contribution in [-0.4, -0.2) is 16.0 Å². The molecule has 1 heterocycles. The van der Waals surface area contributed by atoms with Gasteiger partial charge in [-0.05, 0) is 19.8 Å². The van der Waals surface area contributed by atoms with E-state index < -0.39 is 0 Å². The Hall–Kier alpha value is -0.830. The van der Waals surface area contributed by atoms with Crippen molar-refractivity contribution in [2.45, 2.75) is 33.7 Å². The summed E-state index contributed by atoms with van der Waals surface area (Å²) in [5, 5.41) is 3.77. The Bertz CT molecular complexity index is 292. The van der Waals surface area contributed by atoms with Crippen molar-refractivity contribution < 1.29 is 0 Å². The van der Waals surface area contributed by atoms with Gasteiger partial charge >= 0.3 is 0 Å². The summed E-state index contributed by atoms with van der Waals surface area (Å²) >= 11 is 5.82. The van der Waals surface area contributed by atoms with E-state index in [1.807, 2.05) is 6.92 Å². The van der Waals surface area contributed by atoms with Crippen LogP contribution >= 0.6 is 11.6 Å². The number of aromatic nitrogens is 2. The fourth-order valence-corrected chi connectivity index (χ4v) is 1.23. The largest absolute Gasteiger partial charge is 0.367 e. The highest BCUT2D eigenvalue weighted by Gasteiger charge is 2.08. The van der Waals surface area contributed by atoms with E-state index in [0.29, 0.717) is 22.9 Å². The lowest BCUT2D eigenvalue weighted by molar-refractivity contribution is 0.558. The third-order valence-corrected chi connectivity index (χ3v) is 2.38. The van der Waals surface area contributed by atoms with Crippen LogP contribution in [0.2, 0.25) is 5.15 Å². The normalized spacial score (nSPS) is 13.0. The number of anilines is 1. The van der Waals surface area contributed by atoms with Crippen LogP contribution in [-0.2, 0) is 0 Å². The molecular formula is C10H16ClN3. The van der Waals surface area contributed by atoms with Crippen molar-refractivity contribution >= 4 is 17.4 Å². The van der Waals surface area contributed by atoms with Gasteiger partial charge in [0.2, 0.25) is 0 Å². The molecule has 78 valence electrons. The molecule has 0 radical (unpaired) electrons. The van der Waals surface area contributed by atoms with Crippen molar-refractivity contribution in [1.29, 1.82) is 0 Å². The summed E-state index contributed by atoms with van der Waals surface area (Å²) in [7, 11) is 0. The van der Waals surface area contributed by atoms with E-state index in [4.69, 9.17) is 11.6 Å². The first-order chi connectivity index (χ1) is 6.49. The van der Waals surface area contributed by atoms with Gasteiger partial charge in [-0.3, -0.25) is 0 Å². The van der Waals surface area contributed by atoms with Gasteiger partial charge in [0.1, 0.15) is 16.8 Å². The quantitative estimate of drug-likeness (QED) is 0.785. The fourth-order valence-electron chi connectivity index (χ4n) is 1.01. The lowest BCUT2D eigenvalue weighted by Gasteiger charge is -2.18. The molecule has 4 heteroatoms. The van der Waals surface area contributed by atoms with Crippen molar-refractivity contribution in [2.75, 3.05) is 5.32 Å². The van der Waals surface area contributed by atoms with Gasteiger partial charge in [0.05, 0.1) is 0 Å². The molecule has 1 atom stereocenters. The first-order valence-corrected chi connectivity index (χ1v) is 5.14. The van der Waals surface area contributed by atoms with E-state index >= 15 is 0 Å². The lowest BCUT2D eigenvalue weighted by Crippen LogP contribution is -2.22. The SMILES string of the molecule is Cc1nc(Cl)cc(NC(C)C(C)C)n1. The molecule has 0 aliphatic carbocycles. The molecule has 1 N–H and O–H groups in total. The van der Waals surface area contributed by atoms with E-state index in [0.717, 1.165) is 5.82 Å². The third kappa shape index (κ3) is 3.14. The first kappa shape index (κ1) is 11.2. The minimum Gasteiger partial charge on any atom is -0.367 e. The smallest absolute Gasteiger partial charge is 0.134 e. The van der Waals surface area contributed by atoms with E-state index in [9.17, 15) is 0 Å². The van der Waals surface area contributed by atoms with Crippen LogP contribution in [0, 0.1) is 12.8 Å².